The van der Waals surface area contributed by atoms with Crippen LogP contribution in [0, 0.1) is 17.2 Å². The second-order valence-corrected chi connectivity index (χ2v) is 4.57. The maximum absolute atomic E-state index is 11.9. The monoisotopic (exact) mass is 244 g/mol. The van der Waals surface area contributed by atoms with Crippen molar-refractivity contribution in [1.82, 2.24) is 0 Å². The fraction of sp³-hybridized carbons (Fsp3) is 0.429. The van der Waals surface area contributed by atoms with E-state index in [0.717, 1.165) is 17.7 Å². The molecule has 1 N–H and O–H groups in total. The number of aliphatic hydroxyl groups is 1. The molecule has 1 saturated heterocycles. The van der Waals surface area contributed by atoms with E-state index in [9.17, 15) is 4.79 Å². The first-order valence-corrected chi connectivity index (χ1v) is 6.13. The van der Waals surface area contributed by atoms with E-state index in [4.69, 9.17) is 10.4 Å². The minimum absolute atomic E-state index is 0.0258. The first-order chi connectivity index (χ1) is 8.69. The van der Waals surface area contributed by atoms with Crippen molar-refractivity contribution in [3.63, 3.8) is 0 Å². The van der Waals surface area contributed by atoms with Gasteiger partial charge in [-0.15, -0.1) is 0 Å². The van der Waals surface area contributed by atoms with E-state index in [1.165, 1.54) is 0 Å². The Morgan fingerprint density at radius 1 is 1.56 bits per heavy atom. The molecule has 1 atom stereocenters. The third-order valence-corrected chi connectivity index (χ3v) is 3.34. The zero-order valence-electron chi connectivity index (χ0n) is 10.4. The van der Waals surface area contributed by atoms with Gasteiger partial charge in [-0.3, -0.25) is 4.79 Å². The Bertz CT molecular complexity index is 505. The van der Waals surface area contributed by atoms with Gasteiger partial charge in [-0.25, -0.2) is 0 Å². The second kappa shape index (κ2) is 5.19. The van der Waals surface area contributed by atoms with E-state index in [0.29, 0.717) is 18.5 Å². The summed E-state index contributed by atoms with van der Waals surface area (Å²) in [4.78, 5) is 13.6. The van der Waals surface area contributed by atoms with Crippen molar-refractivity contribution in [2.75, 3.05) is 18.1 Å². The Morgan fingerprint density at radius 2 is 2.33 bits per heavy atom. The van der Waals surface area contributed by atoms with Gasteiger partial charge in [0.2, 0.25) is 5.91 Å². The number of rotatable bonds is 3. The van der Waals surface area contributed by atoms with Gasteiger partial charge >= 0.3 is 0 Å². The number of anilines is 1. The van der Waals surface area contributed by atoms with Crippen molar-refractivity contribution in [2.24, 2.45) is 5.92 Å². The number of hydrogen-bond acceptors (Lipinski definition) is 3. The van der Waals surface area contributed by atoms with E-state index in [2.05, 4.69) is 6.07 Å². The van der Waals surface area contributed by atoms with Crippen LogP contribution in [-0.4, -0.2) is 24.2 Å². The van der Waals surface area contributed by atoms with Gasteiger partial charge in [0.15, 0.2) is 0 Å². The molecule has 1 unspecified atom stereocenters. The number of aryl methyl sites for hydroxylation is 1. The molecule has 0 spiro atoms. The molecular formula is C14H16N2O2. The lowest BCUT2D eigenvalue weighted by Crippen LogP contribution is -2.26. The summed E-state index contributed by atoms with van der Waals surface area (Å²) in [6, 6.07) is 7.49. The maximum atomic E-state index is 11.9. The molecule has 1 heterocycles. The quantitative estimate of drug-likeness (QED) is 0.875. The number of aliphatic hydroxyl groups excluding tert-OH is 1. The van der Waals surface area contributed by atoms with Crippen molar-refractivity contribution in [3.05, 3.63) is 29.3 Å². The number of nitrogens with zero attached hydrogens (tertiary/aromatic N) is 2. The van der Waals surface area contributed by atoms with Gasteiger partial charge < -0.3 is 10.0 Å². The zero-order valence-corrected chi connectivity index (χ0v) is 10.4. The average molecular weight is 244 g/mol. The van der Waals surface area contributed by atoms with Gasteiger partial charge in [-0.1, -0.05) is 6.92 Å². The molecule has 0 aliphatic carbocycles. The molecule has 1 aliphatic rings. The molecule has 4 heteroatoms. The molecule has 0 bridgehead atoms. The highest BCUT2D eigenvalue weighted by Gasteiger charge is 2.30. The summed E-state index contributed by atoms with van der Waals surface area (Å²) in [5, 5.41) is 18.0. The van der Waals surface area contributed by atoms with Crippen LogP contribution in [-0.2, 0) is 11.2 Å². The number of carbonyl (C=O) groups excluding carboxylic acids is 1. The first kappa shape index (κ1) is 12.6. The minimum Gasteiger partial charge on any atom is -0.396 e. The number of amides is 1. The summed E-state index contributed by atoms with van der Waals surface area (Å²) in [5.74, 6) is 0.0753. The van der Waals surface area contributed by atoms with Gasteiger partial charge in [-0.05, 0) is 30.2 Å². The lowest BCUT2D eigenvalue weighted by Gasteiger charge is -2.20. The predicted molar refractivity (Wildman–Crippen MR) is 68.1 cm³/mol. The number of benzene rings is 1. The summed E-state index contributed by atoms with van der Waals surface area (Å²) in [7, 11) is 0. The maximum Gasteiger partial charge on any atom is 0.227 e. The zero-order chi connectivity index (χ0) is 13.1. The highest BCUT2D eigenvalue weighted by molar-refractivity contribution is 5.96. The molecule has 2 rings (SSSR count). The lowest BCUT2D eigenvalue weighted by molar-refractivity contribution is -0.117. The number of hydrogen-bond donors (Lipinski definition) is 1. The SMILES string of the molecule is CCc1cc(C#N)ccc1N1CC(CO)CC1=O. The van der Waals surface area contributed by atoms with Gasteiger partial charge in [0, 0.05) is 31.2 Å². The van der Waals surface area contributed by atoms with E-state index < -0.39 is 0 Å². The van der Waals surface area contributed by atoms with Crippen LogP contribution in [0.3, 0.4) is 0 Å². The Balaban J connectivity index is 2.34. The molecule has 18 heavy (non-hydrogen) atoms. The topological polar surface area (TPSA) is 64.3 Å². The minimum atomic E-state index is 0.0258. The first-order valence-electron chi connectivity index (χ1n) is 6.13. The van der Waals surface area contributed by atoms with Gasteiger partial charge in [0.1, 0.15) is 0 Å². The molecular weight excluding hydrogens is 228 g/mol. The Morgan fingerprint density at radius 3 is 2.89 bits per heavy atom. The van der Waals surface area contributed by atoms with Crippen molar-refractivity contribution in [3.8, 4) is 6.07 Å². The Labute approximate surface area is 106 Å². The third-order valence-electron chi connectivity index (χ3n) is 3.34. The van der Waals surface area contributed by atoms with E-state index >= 15 is 0 Å². The van der Waals surface area contributed by atoms with E-state index in [-0.39, 0.29) is 18.4 Å². The molecule has 0 radical (unpaired) electrons. The van der Waals surface area contributed by atoms with Gasteiger partial charge in [0.25, 0.3) is 0 Å². The molecule has 0 saturated carbocycles. The van der Waals surface area contributed by atoms with Crippen LogP contribution in [0.15, 0.2) is 18.2 Å². The lowest BCUT2D eigenvalue weighted by atomic mass is 10.1. The summed E-state index contributed by atoms with van der Waals surface area (Å²) in [6.45, 7) is 2.61. The molecule has 1 fully saturated rings. The van der Waals surface area contributed by atoms with Crippen LogP contribution in [0.5, 0.6) is 0 Å². The van der Waals surface area contributed by atoms with Crippen molar-refractivity contribution in [2.45, 2.75) is 19.8 Å². The fourth-order valence-electron chi connectivity index (χ4n) is 2.34. The van der Waals surface area contributed by atoms with Crippen LogP contribution in [0.2, 0.25) is 0 Å². The third kappa shape index (κ3) is 2.22. The number of carbonyl (C=O) groups is 1. The molecule has 94 valence electrons. The predicted octanol–water partition coefficient (Wildman–Crippen LogP) is 1.47. The summed E-state index contributed by atoms with van der Waals surface area (Å²) in [5.41, 5.74) is 2.49. The standard InChI is InChI=1S/C14H16N2O2/c1-2-12-5-10(7-15)3-4-13(12)16-8-11(9-17)6-14(16)18/h3-5,11,17H,2,6,8-9H2,1H3. The van der Waals surface area contributed by atoms with Crippen LogP contribution in [0.1, 0.15) is 24.5 Å². The smallest absolute Gasteiger partial charge is 0.227 e. The highest BCUT2D eigenvalue weighted by Crippen LogP contribution is 2.29. The molecule has 4 nitrogen and oxygen atoms in total. The summed E-state index contributed by atoms with van der Waals surface area (Å²) >= 11 is 0. The fourth-order valence-corrected chi connectivity index (χ4v) is 2.34. The molecule has 1 amide bonds. The van der Waals surface area contributed by atoms with E-state index in [1.54, 1.807) is 11.0 Å². The van der Waals surface area contributed by atoms with Crippen LogP contribution in [0.4, 0.5) is 5.69 Å². The van der Waals surface area contributed by atoms with Crippen molar-refractivity contribution in [1.29, 1.82) is 5.26 Å². The van der Waals surface area contributed by atoms with E-state index in [1.807, 2.05) is 19.1 Å². The highest BCUT2D eigenvalue weighted by atomic mass is 16.3. The number of nitriles is 1. The van der Waals surface area contributed by atoms with Crippen LogP contribution >= 0.6 is 0 Å². The second-order valence-electron chi connectivity index (χ2n) is 4.57. The largest absolute Gasteiger partial charge is 0.396 e. The summed E-state index contributed by atoms with van der Waals surface area (Å²) in [6.07, 6.45) is 1.18. The van der Waals surface area contributed by atoms with Crippen molar-refractivity contribution >= 4 is 11.6 Å². The average Bonchev–Trinajstić information content (AvgIpc) is 2.79. The normalized spacial score (nSPS) is 19.1. The molecule has 1 aromatic rings. The molecule has 1 aliphatic heterocycles. The Kier molecular flexibility index (Phi) is 3.63. The molecule has 1 aromatic carbocycles. The Hall–Kier alpha value is -1.86. The molecule has 0 aromatic heterocycles. The van der Waals surface area contributed by atoms with Gasteiger partial charge in [0.05, 0.1) is 11.6 Å². The summed E-state index contributed by atoms with van der Waals surface area (Å²) < 4.78 is 0. The van der Waals surface area contributed by atoms with Crippen LogP contribution < -0.4 is 4.90 Å². The van der Waals surface area contributed by atoms with Gasteiger partial charge in [-0.2, -0.15) is 5.26 Å². The van der Waals surface area contributed by atoms with Crippen LogP contribution in [0.25, 0.3) is 0 Å². The van der Waals surface area contributed by atoms with Crippen molar-refractivity contribution < 1.29 is 9.90 Å².